The Balaban J connectivity index is 2.38. The third-order valence-electron chi connectivity index (χ3n) is 2.70. The molecule has 0 aliphatic heterocycles. The molecule has 1 amide bonds. The Morgan fingerprint density at radius 2 is 2.21 bits per heavy atom. The number of alkyl halides is 1. The van der Waals surface area contributed by atoms with Gasteiger partial charge in [0.1, 0.15) is 0 Å². The predicted octanol–water partition coefficient (Wildman–Crippen LogP) is 1.38. The van der Waals surface area contributed by atoms with Crippen molar-refractivity contribution in [2.24, 2.45) is 0 Å². The minimum Gasteiger partial charge on any atom is -0.396 e. The lowest BCUT2D eigenvalue weighted by Gasteiger charge is -2.37. The number of nitrogens with zero attached hydrogens (tertiary/aromatic N) is 1. The average molecular weight is 220 g/mol. The molecule has 4 heteroatoms. The summed E-state index contributed by atoms with van der Waals surface area (Å²) in [6.45, 7) is 0.828. The molecule has 3 nitrogen and oxygen atoms in total. The molecule has 0 spiro atoms. The molecule has 1 rings (SSSR count). The summed E-state index contributed by atoms with van der Waals surface area (Å²) >= 11 is 5.54. The van der Waals surface area contributed by atoms with Crippen LogP contribution >= 0.6 is 11.6 Å². The van der Waals surface area contributed by atoms with Gasteiger partial charge in [-0.15, -0.1) is 11.6 Å². The van der Waals surface area contributed by atoms with E-state index in [0.29, 0.717) is 31.3 Å². The van der Waals surface area contributed by atoms with Crippen LogP contribution in [0.2, 0.25) is 0 Å². The average Bonchev–Trinajstić information content (AvgIpc) is 2.09. The molecule has 1 aliphatic carbocycles. The van der Waals surface area contributed by atoms with Gasteiger partial charge >= 0.3 is 0 Å². The van der Waals surface area contributed by atoms with Crippen molar-refractivity contribution in [2.45, 2.75) is 38.1 Å². The van der Waals surface area contributed by atoms with Crippen LogP contribution < -0.4 is 0 Å². The van der Waals surface area contributed by atoms with Crippen LogP contribution in [0.25, 0.3) is 0 Å². The maximum absolute atomic E-state index is 11.6. The molecule has 1 saturated carbocycles. The van der Waals surface area contributed by atoms with E-state index in [2.05, 4.69) is 0 Å². The number of hydrogen-bond donors (Lipinski definition) is 1. The van der Waals surface area contributed by atoms with Crippen LogP contribution in [0.1, 0.15) is 32.1 Å². The number of aliphatic hydroxyl groups is 1. The monoisotopic (exact) mass is 219 g/mol. The highest BCUT2D eigenvalue weighted by Gasteiger charge is 2.27. The van der Waals surface area contributed by atoms with Crippen molar-refractivity contribution in [1.29, 1.82) is 0 Å². The molecule has 0 bridgehead atoms. The van der Waals surface area contributed by atoms with E-state index in [1.165, 1.54) is 6.42 Å². The largest absolute Gasteiger partial charge is 0.396 e. The summed E-state index contributed by atoms with van der Waals surface area (Å²) in [4.78, 5) is 13.5. The van der Waals surface area contributed by atoms with Crippen LogP contribution in [-0.4, -0.2) is 41.0 Å². The second-order valence-electron chi connectivity index (χ2n) is 3.69. The highest BCUT2D eigenvalue weighted by atomic mass is 35.5. The van der Waals surface area contributed by atoms with Gasteiger partial charge in [0, 0.05) is 31.5 Å². The van der Waals surface area contributed by atoms with Gasteiger partial charge < -0.3 is 10.0 Å². The fraction of sp³-hybridized carbons (Fsp3) is 0.900. The second-order valence-corrected chi connectivity index (χ2v) is 4.07. The lowest BCUT2D eigenvalue weighted by Crippen LogP contribution is -2.45. The third kappa shape index (κ3) is 3.14. The summed E-state index contributed by atoms with van der Waals surface area (Å²) in [5.41, 5.74) is 0. The molecule has 0 heterocycles. The summed E-state index contributed by atoms with van der Waals surface area (Å²) < 4.78 is 0. The van der Waals surface area contributed by atoms with Gasteiger partial charge in [0.25, 0.3) is 0 Å². The van der Waals surface area contributed by atoms with Crippen LogP contribution in [0, 0.1) is 0 Å². The first-order chi connectivity index (χ1) is 6.79. The lowest BCUT2D eigenvalue weighted by molar-refractivity contribution is -0.135. The van der Waals surface area contributed by atoms with Gasteiger partial charge in [0.15, 0.2) is 0 Å². The molecule has 0 radical (unpaired) electrons. The van der Waals surface area contributed by atoms with Gasteiger partial charge in [-0.05, 0) is 25.7 Å². The van der Waals surface area contributed by atoms with Gasteiger partial charge in [-0.2, -0.15) is 0 Å². The molecular weight excluding hydrogens is 202 g/mol. The van der Waals surface area contributed by atoms with Crippen molar-refractivity contribution in [3.8, 4) is 0 Å². The van der Waals surface area contributed by atoms with E-state index in [1.807, 2.05) is 4.90 Å². The quantitative estimate of drug-likeness (QED) is 0.686. The van der Waals surface area contributed by atoms with Crippen molar-refractivity contribution in [2.75, 3.05) is 19.0 Å². The summed E-state index contributed by atoms with van der Waals surface area (Å²) in [5, 5.41) is 8.74. The molecule has 0 saturated heterocycles. The fourth-order valence-electron chi connectivity index (χ4n) is 1.67. The topological polar surface area (TPSA) is 40.5 Å². The molecule has 1 N–H and O–H groups in total. The van der Waals surface area contributed by atoms with Crippen molar-refractivity contribution < 1.29 is 9.90 Å². The molecule has 0 atom stereocenters. The van der Waals surface area contributed by atoms with E-state index in [4.69, 9.17) is 16.7 Å². The second kappa shape index (κ2) is 6.25. The molecule has 1 fully saturated rings. The van der Waals surface area contributed by atoms with Crippen LogP contribution in [0.3, 0.4) is 0 Å². The van der Waals surface area contributed by atoms with E-state index >= 15 is 0 Å². The minimum absolute atomic E-state index is 0.137. The normalized spacial score (nSPS) is 16.4. The molecule has 1 aliphatic rings. The van der Waals surface area contributed by atoms with E-state index in [0.717, 1.165) is 12.8 Å². The SMILES string of the molecule is O=C(CCCl)N(CCCO)C1CCC1. The number of rotatable bonds is 6. The Kier molecular flexibility index (Phi) is 5.26. The van der Waals surface area contributed by atoms with E-state index < -0.39 is 0 Å². The van der Waals surface area contributed by atoms with Crippen molar-refractivity contribution in [1.82, 2.24) is 4.90 Å². The maximum Gasteiger partial charge on any atom is 0.224 e. The first kappa shape index (κ1) is 11.8. The Hall–Kier alpha value is -0.280. The van der Waals surface area contributed by atoms with Gasteiger partial charge in [0.2, 0.25) is 5.91 Å². The summed E-state index contributed by atoms with van der Waals surface area (Å²) in [6.07, 6.45) is 4.53. The Morgan fingerprint density at radius 1 is 1.50 bits per heavy atom. The number of amides is 1. The molecule has 0 unspecified atom stereocenters. The number of halogens is 1. The summed E-state index contributed by atoms with van der Waals surface area (Å²) in [5.74, 6) is 0.527. The standard InChI is InChI=1S/C10H18ClNO2/c11-6-5-10(14)12(7-2-8-13)9-3-1-4-9/h9,13H,1-8H2. The first-order valence-corrected chi connectivity index (χ1v) is 5.79. The zero-order chi connectivity index (χ0) is 10.4. The van der Waals surface area contributed by atoms with E-state index in [-0.39, 0.29) is 12.5 Å². The number of carbonyl (C=O) groups is 1. The summed E-state index contributed by atoms with van der Waals surface area (Å²) in [7, 11) is 0. The maximum atomic E-state index is 11.6. The molecule has 0 aromatic rings. The molecule has 0 aromatic heterocycles. The zero-order valence-corrected chi connectivity index (χ0v) is 9.17. The Bertz CT molecular complexity index is 183. The van der Waals surface area contributed by atoms with Crippen molar-refractivity contribution >= 4 is 17.5 Å². The molecule has 82 valence electrons. The van der Waals surface area contributed by atoms with Gasteiger partial charge in [-0.3, -0.25) is 4.79 Å². The fourth-order valence-corrected chi connectivity index (χ4v) is 1.84. The van der Waals surface area contributed by atoms with Crippen LogP contribution in [0.4, 0.5) is 0 Å². The smallest absolute Gasteiger partial charge is 0.224 e. The van der Waals surface area contributed by atoms with Crippen LogP contribution in [0.15, 0.2) is 0 Å². The zero-order valence-electron chi connectivity index (χ0n) is 8.41. The van der Waals surface area contributed by atoms with E-state index in [9.17, 15) is 4.79 Å². The van der Waals surface area contributed by atoms with Crippen LogP contribution in [0.5, 0.6) is 0 Å². The first-order valence-electron chi connectivity index (χ1n) is 5.26. The molecular formula is C10H18ClNO2. The van der Waals surface area contributed by atoms with Crippen molar-refractivity contribution in [3.63, 3.8) is 0 Å². The predicted molar refractivity (Wildman–Crippen MR) is 56.4 cm³/mol. The highest BCUT2D eigenvalue weighted by Crippen LogP contribution is 2.25. The molecule has 0 aromatic carbocycles. The Morgan fingerprint density at radius 3 is 2.64 bits per heavy atom. The summed E-state index contributed by atoms with van der Waals surface area (Å²) in [6, 6.07) is 0.414. The Labute approximate surface area is 90.0 Å². The highest BCUT2D eigenvalue weighted by molar-refractivity contribution is 6.18. The van der Waals surface area contributed by atoms with Gasteiger partial charge in [-0.1, -0.05) is 0 Å². The van der Waals surface area contributed by atoms with Crippen molar-refractivity contribution in [3.05, 3.63) is 0 Å². The number of hydrogen-bond acceptors (Lipinski definition) is 2. The number of aliphatic hydroxyl groups excluding tert-OH is 1. The minimum atomic E-state index is 0.137. The molecule has 14 heavy (non-hydrogen) atoms. The van der Waals surface area contributed by atoms with Gasteiger partial charge in [-0.25, -0.2) is 0 Å². The van der Waals surface area contributed by atoms with E-state index in [1.54, 1.807) is 0 Å². The third-order valence-corrected chi connectivity index (χ3v) is 2.89. The number of carbonyl (C=O) groups excluding carboxylic acids is 1. The van der Waals surface area contributed by atoms with Crippen LogP contribution in [-0.2, 0) is 4.79 Å². The lowest BCUT2D eigenvalue weighted by atomic mass is 9.91. The van der Waals surface area contributed by atoms with Gasteiger partial charge in [0.05, 0.1) is 0 Å².